The highest BCUT2D eigenvalue weighted by atomic mass is 32.2. The molecule has 0 aliphatic carbocycles. The number of ether oxygens (including phenoxy) is 1. The molecular weight excluding hydrogens is 336 g/mol. The molecule has 0 atom stereocenters. The van der Waals surface area contributed by atoms with Crippen molar-refractivity contribution in [1.82, 2.24) is 0 Å². The highest BCUT2D eigenvalue weighted by Crippen LogP contribution is 2.38. The van der Waals surface area contributed by atoms with Crippen LogP contribution in [0.5, 0.6) is 0 Å². The first kappa shape index (κ1) is 17.1. The third-order valence-corrected chi connectivity index (χ3v) is 4.80. The van der Waals surface area contributed by atoms with Crippen molar-refractivity contribution in [1.29, 1.82) is 0 Å². The number of carbonyl (C=O) groups excluding carboxylic acids is 2. The van der Waals surface area contributed by atoms with E-state index >= 15 is 0 Å². The van der Waals surface area contributed by atoms with Gasteiger partial charge in [-0.15, -0.1) is 0 Å². The topological polar surface area (TPSA) is 72.6 Å². The summed E-state index contributed by atoms with van der Waals surface area (Å²) >= 11 is 1.54. The number of amides is 1. The standard InChI is InChI=1S/C19H18N2O3S/c1-2-24-19(23)14-12-17(22)21(18(14)20)15-10-6-7-11-16(15)25-13-8-4-3-5-9-13/h3-11H,2,12,20H2,1H3. The van der Waals surface area contributed by atoms with Gasteiger partial charge in [-0.05, 0) is 31.2 Å². The summed E-state index contributed by atoms with van der Waals surface area (Å²) in [6.07, 6.45) is -0.0466. The van der Waals surface area contributed by atoms with Gasteiger partial charge in [0.1, 0.15) is 5.82 Å². The van der Waals surface area contributed by atoms with Gasteiger partial charge in [0, 0.05) is 9.79 Å². The predicted octanol–water partition coefficient (Wildman–Crippen LogP) is 3.31. The molecule has 3 rings (SSSR count). The molecule has 0 aromatic heterocycles. The van der Waals surface area contributed by atoms with Crippen LogP contribution in [-0.4, -0.2) is 18.5 Å². The Morgan fingerprint density at radius 3 is 2.56 bits per heavy atom. The molecule has 0 bridgehead atoms. The fourth-order valence-electron chi connectivity index (χ4n) is 2.59. The highest BCUT2D eigenvalue weighted by Gasteiger charge is 2.35. The first-order valence-electron chi connectivity index (χ1n) is 7.92. The van der Waals surface area contributed by atoms with Crippen molar-refractivity contribution in [2.45, 2.75) is 23.1 Å². The van der Waals surface area contributed by atoms with E-state index in [1.165, 1.54) is 16.7 Å². The van der Waals surface area contributed by atoms with E-state index in [2.05, 4.69) is 0 Å². The van der Waals surface area contributed by atoms with Gasteiger partial charge in [-0.3, -0.25) is 9.69 Å². The second kappa shape index (κ2) is 7.44. The smallest absolute Gasteiger partial charge is 0.338 e. The Morgan fingerprint density at radius 1 is 1.16 bits per heavy atom. The van der Waals surface area contributed by atoms with Gasteiger partial charge in [0.25, 0.3) is 0 Å². The van der Waals surface area contributed by atoms with Crippen molar-refractivity contribution < 1.29 is 14.3 Å². The Kier molecular flexibility index (Phi) is 5.09. The molecule has 1 aliphatic rings. The number of para-hydroxylation sites is 1. The normalized spacial score (nSPS) is 14.1. The Balaban J connectivity index is 1.96. The maximum absolute atomic E-state index is 12.5. The summed E-state index contributed by atoms with van der Waals surface area (Å²) in [5, 5.41) is 0. The van der Waals surface area contributed by atoms with Gasteiger partial charge in [-0.1, -0.05) is 42.1 Å². The van der Waals surface area contributed by atoms with E-state index in [9.17, 15) is 9.59 Å². The van der Waals surface area contributed by atoms with E-state index in [0.717, 1.165) is 9.79 Å². The maximum atomic E-state index is 12.5. The molecule has 1 aliphatic heterocycles. The highest BCUT2D eigenvalue weighted by molar-refractivity contribution is 7.99. The Bertz CT molecular complexity index is 834. The number of anilines is 1. The van der Waals surface area contributed by atoms with Crippen molar-refractivity contribution >= 4 is 29.3 Å². The van der Waals surface area contributed by atoms with E-state index in [1.54, 1.807) is 6.92 Å². The fourth-order valence-corrected chi connectivity index (χ4v) is 3.55. The number of benzene rings is 2. The average Bonchev–Trinajstić information content (AvgIpc) is 2.91. The predicted molar refractivity (Wildman–Crippen MR) is 97.0 cm³/mol. The number of hydrogen-bond acceptors (Lipinski definition) is 5. The minimum atomic E-state index is -0.538. The van der Waals surface area contributed by atoms with Crippen LogP contribution in [0.15, 0.2) is 75.8 Å². The summed E-state index contributed by atoms with van der Waals surface area (Å²) in [5.41, 5.74) is 6.99. The third-order valence-electron chi connectivity index (χ3n) is 3.73. The summed E-state index contributed by atoms with van der Waals surface area (Å²) in [6.45, 7) is 1.96. The molecule has 5 nitrogen and oxygen atoms in total. The molecular formula is C19H18N2O3S. The van der Waals surface area contributed by atoms with Crippen molar-refractivity contribution in [2.75, 3.05) is 11.5 Å². The van der Waals surface area contributed by atoms with Gasteiger partial charge in [-0.25, -0.2) is 4.79 Å². The van der Waals surface area contributed by atoms with Crippen LogP contribution in [0.1, 0.15) is 13.3 Å². The fraction of sp³-hybridized carbons (Fsp3) is 0.158. The van der Waals surface area contributed by atoms with Crippen LogP contribution in [0, 0.1) is 0 Å². The molecule has 25 heavy (non-hydrogen) atoms. The molecule has 128 valence electrons. The van der Waals surface area contributed by atoms with Crippen molar-refractivity contribution in [2.24, 2.45) is 5.73 Å². The molecule has 0 saturated carbocycles. The molecule has 0 radical (unpaired) electrons. The van der Waals surface area contributed by atoms with Crippen LogP contribution >= 0.6 is 11.8 Å². The Morgan fingerprint density at radius 2 is 1.84 bits per heavy atom. The summed E-state index contributed by atoms with van der Waals surface area (Å²) < 4.78 is 4.99. The van der Waals surface area contributed by atoms with Gasteiger partial charge in [-0.2, -0.15) is 0 Å². The van der Waals surface area contributed by atoms with Gasteiger partial charge in [0.15, 0.2) is 0 Å². The molecule has 2 aromatic carbocycles. The minimum absolute atomic E-state index is 0.0466. The molecule has 1 amide bonds. The minimum Gasteiger partial charge on any atom is -0.463 e. The van der Waals surface area contributed by atoms with E-state index < -0.39 is 5.97 Å². The summed E-state index contributed by atoms with van der Waals surface area (Å²) in [7, 11) is 0. The van der Waals surface area contributed by atoms with E-state index in [4.69, 9.17) is 10.5 Å². The van der Waals surface area contributed by atoms with Crippen LogP contribution in [-0.2, 0) is 14.3 Å². The van der Waals surface area contributed by atoms with Crippen LogP contribution in [0.2, 0.25) is 0 Å². The van der Waals surface area contributed by atoms with Gasteiger partial charge >= 0.3 is 5.97 Å². The molecule has 0 saturated heterocycles. The zero-order chi connectivity index (χ0) is 17.8. The first-order chi connectivity index (χ1) is 12.1. The molecule has 2 N–H and O–H groups in total. The average molecular weight is 354 g/mol. The van der Waals surface area contributed by atoms with Gasteiger partial charge in [0.05, 0.1) is 24.3 Å². The summed E-state index contributed by atoms with van der Waals surface area (Å²) in [6, 6.07) is 17.4. The lowest BCUT2D eigenvalue weighted by Crippen LogP contribution is -2.29. The number of nitrogens with two attached hydrogens (primary N) is 1. The summed E-state index contributed by atoms with van der Waals surface area (Å²) in [5.74, 6) is -0.629. The van der Waals surface area contributed by atoms with Crippen LogP contribution in [0.4, 0.5) is 5.69 Å². The third kappa shape index (κ3) is 3.53. The molecule has 1 heterocycles. The maximum Gasteiger partial charge on any atom is 0.338 e. The second-order valence-electron chi connectivity index (χ2n) is 5.37. The molecule has 0 fully saturated rings. The molecule has 2 aromatic rings. The van der Waals surface area contributed by atoms with Crippen molar-refractivity contribution in [3.05, 3.63) is 66.0 Å². The van der Waals surface area contributed by atoms with E-state index in [1.807, 2.05) is 54.6 Å². The van der Waals surface area contributed by atoms with Crippen molar-refractivity contribution in [3.63, 3.8) is 0 Å². The van der Waals surface area contributed by atoms with Crippen LogP contribution < -0.4 is 10.6 Å². The van der Waals surface area contributed by atoms with Crippen LogP contribution in [0.3, 0.4) is 0 Å². The number of rotatable bonds is 5. The first-order valence-corrected chi connectivity index (χ1v) is 8.74. The molecule has 0 spiro atoms. The Labute approximate surface area is 150 Å². The summed E-state index contributed by atoms with van der Waals surface area (Å²) in [4.78, 5) is 27.8. The van der Waals surface area contributed by atoms with Gasteiger partial charge in [0.2, 0.25) is 5.91 Å². The quantitative estimate of drug-likeness (QED) is 0.834. The number of carbonyl (C=O) groups is 2. The zero-order valence-corrected chi connectivity index (χ0v) is 14.6. The van der Waals surface area contributed by atoms with E-state index in [-0.39, 0.29) is 30.3 Å². The molecule has 6 heteroatoms. The SMILES string of the molecule is CCOC(=O)C1=C(N)N(c2ccccc2Sc2ccccc2)C(=O)C1. The second-order valence-corrected chi connectivity index (χ2v) is 6.49. The number of nitrogens with zero attached hydrogens (tertiary/aromatic N) is 1. The number of hydrogen-bond donors (Lipinski definition) is 1. The molecule has 0 unspecified atom stereocenters. The van der Waals surface area contributed by atoms with E-state index in [0.29, 0.717) is 5.69 Å². The lowest BCUT2D eigenvalue weighted by molar-refractivity contribution is -0.139. The zero-order valence-electron chi connectivity index (χ0n) is 13.8. The lowest BCUT2D eigenvalue weighted by Gasteiger charge is -2.20. The van der Waals surface area contributed by atoms with Crippen molar-refractivity contribution in [3.8, 4) is 0 Å². The van der Waals surface area contributed by atoms with Gasteiger partial charge < -0.3 is 10.5 Å². The van der Waals surface area contributed by atoms with Crippen LogP contribution in [0.25, 0.3) is 0 Å². The monoisotopic (exact) mass is 354 g/mol. The lowest BCUT2D eigenvalue weighted by atomic mass is 10.2. The Hall–Kier alpha value is -2.73. The number of esters is 1. The largest absolute Gasteiger partial charge is 0.463 e.